The summed E-state index contributed by atoms with van der Waals surface area (Å²) in [5, 5.41) is 0. The number of anilines is 1. The molecule has 0 aliphatic rings. The van der Waals surface area contributed by atoms with Crippen molar-refractivity contribution in [3.63, 3.8) is 0 Å². The highest BCUT2D eigenvalue weighted by molar-refractivity contribution is 7.14. The highest BCUT2D eigenvalue weighted by atomic mass is 32.1. The Morgan fingerprint density at radius 1 is 1.50 bits per heavy atom. The fraction of sp³-hybridized carbons (Fsp3) is 0.583. The molecular weight excluding hydrogens is 220 g/mol. The Labute approximate surface area is 101 Å². The van der Waals surface area contributed by atoms with Gasteiger partial charge in [0.15, 0.2) is 0 Å². The Kier molecular flexibility index (Phi) is 4.35. The molecule has 0 atom stereocenters. The average Bonchev–Trinajstić information content (AvgIpc) is 2.59. The van der Waals surface area contributed by atoms with Crippen LogP contribution in [-0.2, 0) is 0 Å². The summed E-state index contributed by atoms with van der Waals surface area (Å²) in [7, 11) is 1.87. The molecule has 1 rings (SSSR count). The molecule has 1 aromatic heterocycles. The van der Waals surface area contributed by atoms with Crippen molar-refractivity contribution >= 4 is 22.9 Å². The van der Waals surface area contributed by atoms with Gasteiger partial charge in [-0.15, -0.1) is 11.3 Å². The Bertz CT molecular complexity index is 350. The van der Waals surface area contributed by atoms with Gasteiger partial charge < -0.3 is 10.6 Å². The molecule has 0 saturated heterocycles. The van der Waals surface area contributed by atoms with Crippen LogP contribution < -0.4 is 5.73 Å². The minimum atomic E-state index is 0.0819. The molecule has 16 heavy (non-hydrogen) atoms. The summed E-state index contributed by atoms with van der Waals surface area (Å²) in [5.41, 5.74) is 6.47. The zero-order valence-corrected chi connectivity index (χ0v) is 11.2. The minimum Gasteiger partial charge on any atom is -0.398 e. The van der Waals surface area contributed by atoms with Crippen molar-refractivity contribution < 1.29 is 4.79 Å². The smallest absolute Gasteiger partial charge is 0.263 e. The maximum atomic E-state index is 12.2. The summed E-state index contributed by atoms with van der Waals surface area (Å²) in [6.07, 6.45) is 1.97. The molecule has 0 bridgehead atoms. The third-order valence-corrected chi connectivity index (χ3v) is 4.03. The fourth-order valence-electron chi connectivity index (χ4n) is 1.78. The number of amides is 1. The molecule has 4 heteroatoms. The van der Waals surface area contributed by atoms with E-state index >= 15 is 0 Å². The highest BCUT2D eigenvalue weighted by Gasteiger charge is 2.20. The Morgan fingerprint density at radius 3 is 2.44 bits per heavy atom. The molecule has 2 N–H and O–H groups in total. The van der Waals surface area contributed by atoms with Crippen molar-refractivity contribution in [2.45, 2.75) is 39.7 Å². The van der Waals surface area contributed by atoms with Gasteiger partial charge in [0.25, 0.3) is 5.91 Å². The van der Waals surface area contributed by atoms with E-state index in [2.05, 4.69) is 13.8 Å². The Morgan fingerprint density at radius 2 is 2.06 bits per heavy atom. The van der Waals surface area contributed by atoms with Gasteiger partial charge in [-0.25, -0.2) is 0 Å². The number of nitrogens with two attached hydrogens (primary N) is 1. The monoisotopic (exact) mass is 240 g/mol. The molecule has 3 nitrogen and oxygen atoms in total. The summed E-state index contributed by atoms with van der Waals surface area (Å²) in [6.45, 7) is 6.14. The number of carbonyl (C=O) groups is 1. The van der Waals surface area contributed by atoms with Crippen LogP contribution in [0.25, 0.3) is 0 Å². The first-order chi connectivity index (χ1) is 7.51. The van der Waals surface area contributed by atoms with Crippen molar-refractivity contribution in [1.82, 2.24) is 4.90 Å². The number of carbonyl (C=O) groups excluding carboxylic acids is 1. The molecule has 0 aliphatic carbocycles. The number of nitrogens with zero attached hydrogens (tertiary/aromatic N) is 1. The molecule has 90 valence electrons. The number of nitrogen functional groups attached to an aromatic ring is 1. The van der Waals surface area contributed by atoms with Gasteiger partial charge in [-0.1, -0.05) is 13.8 Å². The lowest BCUT2D eigenvalue weighted by Crippen LogP contribution is -2.35. The van der Waals surface area contributed by atoms with Gasteiger partial charge in [0.05, 0.1) is 4.88 Å². The number of hydrogen-bond donors (Lipinski definition) is 1. The van der Waals surface area contributed by atoms with Crippen molar-refractivity contribution in [3.05, 3.63) is 15.8 Å². The predicted molar refractivity (Wildman–Crippen MR) is 69.9 cm³/mol. The number of aryl methyl sites for hydroxylation is 1. The van der Waals surface area contributed by atoms with Crippen molar-refractivity contribution in [2.75, 3.05) is 12.8 Å². The second-order valence-corrected chi connectivity index (χ2v) is 5.26. The number of thiophene rings is 1. The van der Waals surface area contributed by atoms with E-state index in [1.54, 1.807) is 6.07 Å². The van der Waals surface area contributed by atoms with E-state index in [-0.39, 0.29) is 5.91 Å². The molecule has 0 unspecified atom stereocenters. The van der Waals surface area contributed by atoms with E-state index in [1.807, 2.05) is 18.9 Å². The molecule has 0 aliphatic heterocycles. The normalized spacial score (nSPS) is 10.8. The maximum Gasteiger partial charge on any atom is 0.263 e. The SMILES string of the molecule is CCC(CC)N(C)C(=O)c1cc(N)c(C)s1. The van der Waals surface area contributed by atoms with E-state index in [0.29, 0.717) is 11.7 Å². The lowest BCUT2D eigenvalue weighted by molar-refractivity contribution is 0.0728. The van der Waals surface area contributed by atoms with Crippen molar-refractivity contribution in [1.29, 1.82) is 0 Å². The molecule has 1 amide bonds. The van der Waals surface area contributed by atoms with Gasteiger partial charge in [0.1, 0.15) is 0 Å². The summed E-state index contributed by atoms with van der Waals surface area (Å²) in [6, 6.07) is 2.09. The van der Waals surface area contributed by atoms with E-state index in [1.165, 1.54) is 11.3 Å². The van der Waals surface area contributed by atoms with E-state index in [4.69, 9.17) is 5.73 Å². The molecule has 0 fully saturated rings. The lowest BCUT2D eigenvalue weighted by Gasteiger charge is -2.25. The van der Waals surface area contributed by atoms with Crippen molar-refractivity contribution in [2.24, 2.45) is 0 Å². The van der Waals surface area contributed by atoms with Crippen LogP contribution in [0.2, 0.25) is 0 Å². The van der Waals surface area contributed by atoms with Gasteiger partial charge in [-0.05, 0) is 25.8 Å². The number of hydrogen-bond acceptors (Lipinski definition) is 3. The minimum absolute atomic E-state index is 0.0819. The average molecular weight is 240 g/mol. The first kappa shape index (κ1) is 13.0. The summed E-state index contributed by atoms with van der Waals surface area (Å²) in [4.78, 5) is 15.7. The summed E-state index contributed by atoms with van der Waals surface area (Å²) < 4.78 is 0. The van der Waals surface area contributed by atoms with Crippen LogP contribution in [0.5, 0.6) is 0 Å². The molecular formula is C12H20N2OS. The standard InChI is InChI=1S/C12H20N2OS/c1-5-9(6-2)14(4)12(15)11-7-10(13)8(3)16-11/h7,9H,5-6,13H2,1-4H3. The second-order valence-electron chi connectivity index (χ2n) is 4.01. The zero-order chi connectivity index (χ0) is 12.3. The molecule has 0 spiro atoms. The first-order valence-electron chi connectivity index (χ1n) is 5.64. The van der Waals surface area contributed by atoms with Gasteiger partial charge in [-0.2, -0.15) is 0 Å². The molecule has 0 radical (unpaired) electrons. The summed E-state index contributed by atoms with van der Waals surface area (Å²) >= 11 is 1.47. The van der Waals surface area contributed by atoms with E-state index < -0.39 is 0 Å². The third kappa shape index (κ3) is 2.55. The number of rotatable bonds is 4. The second kappa shape index (κ2) is 5.34. The van der Waals surface area contributed by atoms with E-state index in [9.17, 15) is 4.79 Å². The van der Waals surface area contributed by atoms with E-state index in [0.717, 1.165) is 22.6 Å². The molecule has 1 heterocycles. The largest absolute Gasteiger partial charge is 0.398 e. The zero-order valence-electron chi connectivity index (χ0n) is 10.4. The predicted octanol–water partition coefficient (Wildman–Crippen LogP) is 2.90. The molecule has 0 saturated carbocycles. The topological polar surface area (TPSA) is 46.3 Å². The van der Waals surface area contributed by atoms with Gasteiger partial charge >= 0.3 is 0 Å². The quantitative estimate of drug-likeness (QED) is 0.879. The Balaban J connectivity index is 2.85. The van der Waals surface area contributed by atoms with Crippen LogP contribution in [0, 0.1) is 6.92 Å². The van der Waals surface area contributed by atoms with Crippen LogP contribution in [-0.4, -0.2) is 23.9 Å². The highest BCUT2D eigenvalue weighted by Crippen LogP contribution is 2.25. The maximum absolute atomic E-state index is 12.2. The van der Waals surface area contributed by atoms with Gasteiger partial charge in [0, 0.05) is 23.7 Å². The molecule has 0 aromatic carbocycles. The summed E-state index contributed by atoms with van der Waals surface area (Å²) in [5.74, 6) is 0.0819. The van der Waals surface area contributed by atoms with Gasteiger partial charge in [0.2, 0.25) is 0 Å². The van der Waals surface area contributed by atoms with Crippen LogP contribution >= 0.6 is 11.3 Å². The molecule has 1 aromatic rings. The first-order valence-corrected chi connectivity index (χ1v) is 6.45. The fourth-order valence-corrected chi connectivity index (χ4v) is 2.70. The lowest BCUT2D eigenvalue weighted by atomic mass is 10.1. The Hall–Kier alpha value is -1.03. The van der Waals surface area contributed by atoms with Crippen LogP contribution in [0.15, 0.2) is 6.07 Å². The van der Waals surface area contributed by atoms with Crippen LogP contribution in [0.1, 0.15) is 41.2 Å². The van der Waals surface area contributed by atoms with Crippen molar-refractivity contribution in [3.8, 4) is 0 Å². The van der Waals surface area contributed by atoms with Crippen LogP contribution in [0.3, 0.4) is 0 Å². The van der Waals surface area contributed by atoms with Gasteiger partial charge in [-0.3, -0.25) is 4.79 Å². The third-order valence-electron chi connectivity index (χ3n) is 2.98. The van der Waals surface area contributed by atoms with Crippen LogP contribution in [0.4, 0.5) is 5.69 Å².